The van der Waals surface area contributed by atoms with Crippen LogP contribution in [0, 0.1) is 0 Å². The molecule has 0 radical (unpaired) electrons. The van der Waals surface area contributed by atoms with E-state index in [4.69, 9.17) is 0 Å². The van der Waals surface area contributed by atoms with E-state index < -0.39 is 36.8 Å². The summed E-state index contributed by atoms with van der Waals surface area (Å²) in [6.07, 6.45) is -11.5. The van der Waals surface area contributed by atoms with E-state index in [1.54, 1.807) is 0 Å². The Morgan fingerprint density at radius 3 is 1.29 bits per heavy atom. The zero-order valence-electron chi connectivity index (χ0n) is 7.44. The summed E-state index contributed by atoms with van der Waals surface area (Å²) in [6, 6.07) is 0. The Bertz CT molecular complexity index is 264. The number of rotatable bonds is 4. The van der Waals surface area contributed by atoms with E-state index in [1.165, 1.54) is 0 Å². The molecule has 0 bridgehead atoms. The van der Waals surface area contributed by atoms with Crippen LogP contribution < -0.4 is 0 Å². The van der Waals surface area contributed by atoms with Crippen molar-refractivity contribution in [1.29, 1.82) is 0 Å². The van der Waals surface area contributed by atoms with Crippen molar-refractivity contribution in [1.82, 2.24) is 0 Å². The van der Waals surface area contributed by atoms with Gasteiger partial charge in [-0.05, 0) is 0 Å². The van der Waals surface area contributed by atoms with E-state index in [-0.39, 0.29) is 0 Å². The van der Waals surface area contributed by atoms with E-state index in [0.29, 0.717) is 0 Å². The van der Waals surface area contributed by atoms with Gasteiger partial charge >= 0.3 is 23.9 Å². The highest BCUT2D eigenvalue weighted by atomic mass is 19.4. The summed E-state index contributed by atoms with van der Waals surface area (Å²) in [5.41, 5.74) is 0. The number of alkyl halides is 11. The third-order valence-corrected chi connectivity index (χ3v) is 1.70. The Balaban J connectivity index is 5.55. The molecule has 0 aliphatic carbocycles. The molecule has 0 aromatic carbocycles. The van der Waals surface area contributed by atoms with Crippen LogP contribution >= 0.6 is 0 Å². The zero-order chi connectivity index (χ0) is 14.3. The first-order valence-electron chi connectivity index (χ1n) is 3.63. The normalized spacial score (nSPS) is 17.1. The smallest absolute Gasteiger partial charge is 0.248 e. The average molecular weight is 284 g/mol. The second kappa shape index (κ2) is 4.16. The van der Waals surface area contributed by atoms with Crippen LogP contribution in [-0.4, -0.2) is 36.8 Å². The Kier molecular flexibility index (Phi) is 3.97. The fraction of sp³-hybridized carbons (Fsp3) is 1.00. The standard InChI is InChI=1S/C6H3F11/c7-1-2(8)3(9,10)4(11,12)5(13,14)6(15,16)17/h2H,1H2. The summed E-state index contributed by atoms with van der Waals surface area (Å²) >= 11 is 0. The van der Waals surface area contributed by atoms with E-state index in [1.807, 2.05) is 0 Å². The second-order valence-corrected chi connectivity index (χ2v) is 2.89. The van der Waals surface area contributed by atoms with Crippen LogP contribution in [0.1, 0.15) is 0 Å². The summed E-state index contributed by atoms with van der Waals surface area (Å²) in [6.45, 7) is -2.84. The molecule has 1 unspecified atom stereocenters. The molecule has 0 saturated carbocycles. The molecular formula is C6H3F11. The van der Waals surface area contributed by atoms with Crippen molar-refractivity contribution in [2.45, 2.75) is 30.1 Å². The molecule has 0 rings (SSSR count). The van der Waals surface area contributed by atoms with Gasteiger partial charge in [-0.15, -0.1) is 0 Å². The first-order valence-corrected chi connectivity index (χ1v) is 3.63. The molecular weight excluding hydrogens is 281 g/mol. The highest BCUT2D eigenvalue weighted by molar-refractivity contribution is 5.03. The van der Waals surface area contributed by atoms with Gasteiger partial charge < -0.3 is 0 Å². The summed E-state index contributed by atoms with van der Waals surface area (Å²) in [5, 5.41) is 0. The lowest BCUT2D eigenvalue weighted by molar-refractivity contribution is -0.403. The Hall–Kier alpha value is -0.770. The lowest BCUT2D eigenvalue weighted by Crippen LogP contribution is -2.64. The van der Waals surface area contributed by atoms with Crippen molar-refractivity contribution in [3.63, 3.8) is 0 Å². The Morgan fingerprint density at radius 2 is 1.06 bits per heavy atom. The second-order valence-electron chi connectivity index (χ2n) is 2.89. The molecule has 0 aromatic rings. The zero-order valence-corrected chi connectivity index (χ0v) is 7.44. The molecule has 1 atom stereocenters. The first-order chi connectivity index (χ1) is 7.23. The van der Waals surface area contributed by atoms with Gasteiger partial charge in [-0.1, -0.05) is 0 Å². The maximum absolute atomic E-state index is 12.3. The predicted molar refractivity (Wildman–Crippen MR) is 31.8 cm³/mol. The summed E-state index contributed by atoms with van der Waals surface area (Å²) in [5.74, 6) is -20.8. The van der Waals surface area contributed by atoms with Crippen molar-refractivity contribution in [3.8, 4) is 0 Å². The fourth-order valence-corrected chi connectivity index (χ4v) is 0.681. The molecule has 0 aliphatic rings. The minimum Gasteiger partial charge on any atom is -0.248 e. The van der Waals surface area contributed by atoms with Gasteiger partial charge in [0.15, 0.2) is 6.17 Å². The third-order valence-electron chi connectivity index (χ3n) is 1.70. The van der Waals surface area contributed by atoms with Gasteiger partial charge in [-0.2, -0.15) is 39.5 Å². The van der Waals surface area contributed by atoms with E-state index in [2.05, 4.69) is 0 Å². The van der Waals surface area contributed by atoms with Gasteiger partial charge in [0.05, 0.1) is 0 Å². The van der Waals surface area contributed by atoms with Crippen LogP contribution in [-0.2, 0) is 0 Å². The topological polar surface area (TPSA) is 0 Å². The predicted octanol–water partition coefficient (Wildman–Crippen LogP) is 3.76. The van der Waals surface area contributed by atoms with Gasteiger partial charge in [0.2, 0.25) is 0 Å². The monoisotopic (exact) mass is 284 g/mol. The van der Waals surface area contributed by atoms with Crippen molar-refractivity contribution in [2.75, 3.05) is 6.67 Å². The summed E-state index contributed by atoms with van der Waals surface area (Å²) in [7, 11) is 0. The lowest BCUT2D eigenvalue weighted by atomic mass is 10.0. The molecule has 104 valence electrons. The van der Waals surface area contributed by atoms with Gasteiger partial charge in [0, 0.05) is 0 Å². The van der Waals surface area contributed by atoms with E-state index in [0.717, 1.165) is 0 Å². The molecule has 11 heteroatoms. The SMILES string of the molecule is FCC(F)C(F)(F)C(F)(F)C(F)(F)C(F)(F)F. The highest BCUT2D eigenvalue weighted by Gasteiger charge is 2.83. The van der Waals surface area contributed by atoms with Gasteiger partial charge in [0.25, 0.3) is 0 Å². The van der Waals surface area contributed by atoms with Crippen molar-refractivity contribution >= 4 is 0 Å². The van der Waals surface area contributed by atoms with Gasteiger partial charge in [0.1, 0.15) is 6.67 Å². The number of halogens is 11. The first kappa shape index (κ1) is 16.2. The quantitative estimate of drug-likeness (QED) is 0.689. The number of hydrogen-bond acceptors (Lipinski definition) is 0. The molecule has 0 spiro atoms. The van der Waals surface area contributed by atoms with Crippen LogP contribution in [0.5, 0.6) is 0 Å². The molecule has 17 heavy (non-hydrogen) atoms. The van der Waals surface area contributed by atoms with E-state index >= 15 is 0 Å². The maximum Gasteiger partial charge on any atom is 0.460 e. The summed E-state index contributed by atoms with van der Waals surface area (Å²) < 4.78 is 131. The fourth-order valence-electron chi connectivity index (χ4n) is 0.681. The van der Waals surface area contributed by atoms with Crippen LogP contribution in [0.15, 0.2) is 0 Å². The van der Waals surface area contributed by atoms with Crippen LogP contribution in [0.4, 0.5) is 48.3 Å². The van der Waals surface area contributed by atoms with Gasteiger partial charge in [-0.25, -0.2) is 8.78 Å². The molecule has 0 saturated heterocycles. The highest BCUT2D eigenvalue weighted by Crippen LogP contribution is 2.54. The molecule has 0 fully saturated rings. The van der Waals surface area contributed by atoms with E-state index in [9.17, 15) is 48.3 Å². The molecule has 0 nitrogen and oxygen atoms in total. The van der Waals surface area contributed by atoms with Crippen LogP contribution in [0.25, 0.3) is 0 Å². The largest absolute Gasteiger partial charge is 0.460 e. The summed E-state index contributed by atoms with van der Waals surface area (Å²) in [4.78, 5) is 0. The minimum absolute atomic E-state index is 2.84. The van der Waals surface area contributed by atoms with Crippen molar-refractivity contribution < 1.29 is 48.3 Å². The lowest BCUT2D eigenvalue weighted by Gasteiger charge is -2.34. The van der Waals surface area contributed by atoms with Crippen LogP contribution in [0.3, 0.4) is 0 Å². The van der Waals surface area contributed by atoms with Crippen molar-refractivity contribution in [3.05, 3.63) is 0 Å². The molecule has 0 amide bonds. The van der Waals surface area contributed by atoms with Crippen LogP contribution in [0.2, 0.25) is 0 Å². The number of hydrogen-bond donors (Lipinski definition) is 0. The third kappa shape index (κ3) is 2.28. The molecule has 0 aliphatic heterocycles. The molecule has 0 N–H and O–H groups in total. The Morgan fingerprint density at radius 1 is 0.706 bits per heavy atom. The minimum atomic E-state index is -7.19. The molecule has 0 aromatic heterocycles. The van der Waals surface area contributed by atoms with Gasteiger partial charge in [-0.3, -0.25) is 0 Å². The van der Waals surface area contributed by atoms with Crippen molar-refractivity contribution in [2.24, 2.45) is 0 Å². The maximum atomic E-state index is 12.3. The average Bonchev–Trinajstić information content (AvgIpc) is 2.13. The molecule has 0 heterocycles. The Labute approximate surface area is 86.4 Å².